The van der Waals surface area contributed by atoms with Gasteiger partial charge in [0.05, 0.1) is 5.69 Å². The minimum absolute atomic E-state index is 0.318. The van der Waals surface area contributed by atoms with Gasteiger partial charge in [-0.15, -0.1) is 0 Å². The average Bonchev–Trinajstić information content (AvgIpc) is 2.60. The molecule has 0 amide bonds. The van der Waals surface area contributed by atoms with Gasteiger partial charge in [-0.3, -0.25) is 0 Å². The molecule has 0 fully saturated rings. The van der Waals surface area contributed by atoms with E-state index in [1.54, 1.807) is 31.2 Å². The number of hydrogen-bond acceptors (Lipinski definition) is 1. The molecule has 0 radical (unpaired) electrons. The molecular formula is C11H8BrF3N2. The number of H-pyrrole nitrogens is 1. The molecule has 1 aromatic carbocycles. The number of aromatic nitrogens is 2. The molecule has 0 saturated heterocycles. The molecule has 2 aromatic rings. The summed E-state index contributed by atoms with van der Waals surface area (Å²) in [6, 6.07) is 6.99. The molecule has 0 saturated carbocycles. The minimum atomic E-state index is -4.45. The summed E-state index contributed by atoms with van der Waals surface area (Å²) in [6.07, 6.45) is -4.45. The van der Waals surface area contributed by atoms with E-state index in [-0.39, 0.29) is 0 Å². The van der Waals surface area contributed by atoms with Crippen molar-refractivity contribution in [3.63, 3.8) is 0 Å². The van der Waals surface area contributed by atoms with E-state index >= 15 is 0 Å². The van der Waals surface area contributed by atoms with Crippen molar-refractivity contribution in [2.75, 3.05) is 0 Å². The SMILES string of the molecule is Cc1[nH]c(C(F)(F)F)nc1-c1cccc(Br)c1. The van der Waals surface area contributed by atoms with Gasteiger partial charge in [0, 0.05) is 15.7 Å². The molecule has 0 aliphatic carbocycles. The van der Waals surface area contributed by atoms with Gasteiger partial charge in [0.2, 0.25) is 5.82 Å². The van der Waals surface area contributed by atoms with Crippen LogP contribution in [0.1, 0.15) is 11.5 Å². The molecule has 2 nitrogen and oxygen atoms in total. The Labute approximate surface area is 104 Å². The summed E-state index contributed by atoms with van der Waals surface area (Å²) in [4.78, 5) is 5.84. The largest absolute Gasteiger partial charge is 0.449 e. The van der Waals surface area contributed by atoms with Crippen LogP contribution in [0.2, 0.25) is 0 Å². The third-order valence-electron chi connectivity index (χ3n) is 2.25. The maximum absolute atomic E-state index is 12.5. The van der Waals surface area contributed by atoms with Crippen LogP contribution in [-0.2, 0) is 6.18 Å². The number of nitrogens with zero attached hydrogens (tertiary/aromatic N) is 1. The zero-order chi connectivity index (χ0) is 12.6. The normalized spacial score (nSPS) is 11.8. The van der Waals surface area contributed by atoms with Gasteiger partial charge in [-0.25, -0.2) is 4.98 Å². The van der Waals surface area contributed by atoms with Crippen LogP contribution >= 0.6 is 15.9 Å². The lowest BCUT2D eigenvalue weighted by Gasteiger charge is -2.00. The first-order valence-electron chi connectivity index (χ1n) is 4.77. The van der Waals surface area contributed by atoms with E-state index in [1.165, 1.54) is 0 Å². The maximum atomic E-state index is 12.5. The molecule has 1 heterocycles. The van der Waals surface area contributed by atoms with Crippen LogP contribution in [0.5, 0.6) is 0 Å². The first-order chi connectivity index (χ1) is 7.88. The van der Waals surface area contributed by atoms with Crippen molar-refractivity contribution in [2.24, 2.45) is 0 Å². The maximum Gasteiger partial charge on any atom is 0.449 e. The highest BCUT2D eigenvalue weighted by molar-refractivity contribution is 9.10. The number of nitrogens with one attached hydrogen (secondary N) is 1. The fourth-order valence-electron chi connectivity index (χ4n) is 1.51. The van der Waals surface area contributed by atoms with E-state index in [9.17, 15) is 13.2 Å². The Bertz CT molecular complexity index is 546. The Balaban J connectivity index is 2.50. The van der Waals surface area contributed by atoms with Gasteiger partial charge in [-0.05, 0) is 19.1 Å². The monoisotopic (exact) mass is 304 g/mol. The van der Waals surface area contributed by atoms with Gasteiger partial charge in [-0.2, -0.15) is 13.2 Å². The number of aromatic amines is 1. The van der Waals surface area contributed by atoms with Gasteiger partial charge in [0.25, 0.3) is 0 Å². The number of hydrogen-bond donors (Lipinski definition) is 1. The summed E-state index contributed by atoms with van der Waals surface area (Å²) in [5, 5.41) is 0. The summed E-state index contributed by atoms with van der Waals surface area (Å²) in [6.45, 7) is 1.57. The summed E-state index contributed by atoms with van der Waals surface area (Å²) in [7, 11) is 0. The molecule has 0 spiro atoms. The average molecular weight is 305 g/mol. The number of imidazole rings is 1. The van der Waals surface area contributed by atoms with Gasteiger partial charge in [0.15, 0.2) is 0 Å². The van der Waals surface area contributed by atoms with Gasteiger partial charge in [0.1, 0.15) is 0 Å². The highest BCUT2D eigenvalue weighted by Crippen LogP contribution is 2.31. The Kier molecular flexibility index (Phi) is 2.99. The van der Waals surface area contributed by atoms with E-state index in [1.807, 2.05) is 0 Å². The first kappa shape index (κ1) is 12.2. The Morgan fingerprint density at radius 1 is 1.29 bits per heavy atom. The third kappa shape index (κ3) is 2.52. The predicted octanol–water partition coefficient (Wildman–Crippen LogP) is 4.17. The van der Waals surface area contributed by atoms with Gasteiger partial charge < -0.3 is 4.98 Å². The lowest BCUT2D eigenvalue weighted by atomic mass is 10.1. The minimum Gasteiger partial charge on any atom is -0.338 e. The van der Waals surface area contributed by atoms with E-state index in [0.717, 1.165) is 4.47 Å². The van der Waals surface area contributed by atoms with Crippen LogP contribution in [-0.4, -0.2) is 9.97 Å². The quantitative estimate of drug-likeness (QED) is 0.842. The van der Waals surface area contributed by atoms with E-state index in [4.69, 9.17) is 0 Å². The van der Waals surface area contributed by atoms with Crippen LogP contribution in [0, 0.1) is 6.92 Å². The second kappa shape index (κ2) is 4.18. The summed E-state index contributed by atoms with van der Waals surface area (Å²) >= 11 is 3.27. The zero-order valence-electron chi connectivity index (χ0n) is 8.77. The third-order valence-corrected chi connectivity index (χ3v) is 2.74. The van der Waals surface area contributed by atoms with Crippen LogP contribution in [0.15, 0.2) is 28.7 Å². The summed E-state index contributed by atoms with van der Waals surface area (Å²) in [5.74, 6) is -0.968. The van der Waals surface area contributed by atoms with Crippen LogP contribution in [0.4, 0.5) is 13.2 Å². The van der Waals surface area contributed by atoms with Crippen molar-refractivity contribution in [3.05, 3.63) is 40.3 Å². The van der Waals surface area contributed by atoms with Crippen molar-refractivity contribution < 1.29 is 13.2 Å². The number of halogens is 4. The van der Waals surface area contributed by atoms with Gasteiger partial charge >= 0.3 is 6.18 Å². The molecule has 1 N–H and O–H groups in total. The molecule has 0 atom stereocenters. The standard InChI is InChI=1S/C11H8BrF3N2/c1-6-9(7-3-2-4-8(12)5-7)17-10(16-6)11(13,14)15/h2-5H,1H3,(H,16,17). The fraction of sp³-hybridized carbons (Fsp3) is 0.182. The smallest absolute Gasteiger partial charge is 0.338 e. The molecule has 0 bridgehead atoms. The van der Waals surface area contributed by atoms with Crippen LogP contribution < -0.4 is 0 Å². The Hall–Kier alpha value is -1.30. The first-order valence-corrected chi connectivity index (χ1v) is 5.57. The molecule has 2 rings (SSSR count). The fourth-order valence-corrected chi connectivity index (χ4v) is 1.91. The molecule has 0 aliphatic rings. The molecule has 17 heavy (non-hydrogen) atoms. The topological polar surface area (TPSA) is 28.7 Å². The summed E-state index contributed by atoms with van der Waals surface area (Å²) < 4.78 is 38.2. The van der Waals surface area contributed by atoms with Crippen molar-refractivity contribution >= 4 is 15.9 Å². The lowest BCUT2D eigenvalue weighted by molar-refractivity contribution is -0.144. The van der Waals surface area contributed by atoms with E-state index < -0.39 is 12.0 Å². The molecular weight excluding hydrogens is 297 g/mol. The second-order valence-corrected chi connectivity index (χ2v) is 4.48. The highest BCUT2D eigenvalue weighted by Gasteiger charge is 2.35. The van der Waals surface area contributed by atoms with Crippen LogP contribution in [0.3, 0.4) is 0 Å². The molecule has 6 heteroatoms. The molecule has 0 aliphatic heterocycles. The number of benzene rings is 1. The zero-order valence-corrected chi connectivity index (χ0v) is 10.4. The highest BCUT2D eigenvalue weighted by atomic mass is 79.9. The molecule has 0 unspecified atom stereocenters. The van der Waals surface area contributed by atoms with Crippen molar-refractivity contribution in [1.82, 2.24) is 9.97 Å². The Morgan fingerprint density at radius 2 is 2.00 bits per heavy atom. The lowest BCUT2D eigenvalue weighted by Crippen LogP contribution is -2.07. The van der Waals surface area contributed by atoms with Crippen molar-refractivity contribution in [3.8, 4) is 11.3 Å². The molecule has 90 valence electrons. The Morgan fingerprint density at radius 3 is 2.53 bits per heavy atom. The van der Waals surface area contributed by atoms with Crippen molar-refractivity contribution in [1.29, 1.82) is 0 Å². The van der Waals surface area contributed by atoms with E-state index in [0.29, 0.717) is 17.0 Å². The second-order valence-electron chi connectivity index (χ2n) is 3.57. The number of alkyl halides is 3. The number of rotatable bonds is 1. The van der Waals surface area contributed by atoms with Crippen LogP contribution in [0.25, 0.3) is 11.3 Å². The molecule has 1 aromatic heterocycles. The number of aryl methyl sites for hydroxylation is 1. The van der Waals surface area contributed by atoms with E-state index in [2.05, 4.69) is 25.9 Å². The van der Waals surface area contributed by atoms with Gasteiger partial charge in [-0.1, -0.05) is 28.1 Å². The summed E-state index contributed by atoms with van der Waals surface area (Å²) in [5.41, 5.74) is 1.36. The predicted molar refractivity (Wildman–Crippen MR) is 61.5 cm³/mol. The van der Waals surface area contributed by atoms with Crippen molar-refractivity contribution in [2.45, 2.75) is 13.1 Å².